The monoisotopic (exact) mass is 1100 g/mol. The molecule has 78 heavy (non-hydrogen) atoms. The molecule has 6 aromatic rings. The van der Waals surface area contributed by atoms with Gasteiger partial charge in [0.1, 0.15) is 17.1 Å². The Bertz CT molecular complexity index is 3090. The zero-order chi connectivity index (χ0) is 58.8. The SMILES string of the molecule is CCc1c(-c2cc(C(C)(C)C)c(OC)c(-c3cc(C(F)(F)F)cc(C(F)(F)F)c3)c2CN(C)[C@@H](C)C(OC)(c2ccc(C)c(C)c2)c2ccc(C)c(C)c2)cc(C(C)(C)C)c(OC)c1-c1cc(C(F)(F)F)cc(C(F)(F)F)c1. The van der Waals surface area contributed by atoms with Gasteiger partial charge in [0.15, 0.2) is 0 Å². The molecular weight excluding hydrogens is 1030 g/mol. The zero-order valence-corrected chi connectivity index (χ0v) is 46.8. The van der Waals surface area contributed by atoms with Crippen LogP contribution in [-0.4, -0.2) is 39.3 Å². The summed E-state index contributed by atoms with van der Waals surface area (Å²) in [4.78, 5) is 1.85. The molecule has 0 aromatic heterocycles. The number of benzene rings is 6. The quantitative estimate of drug-likeness (QED) is 0.108. The second kappa shape index (κ2) is 21.6. The summed E-state index contributed by atoms with van der Waals surface area (Å²) in [6, 6.07) is 17.0. The molecule has 0 saturated heterocycles. The lowest BCUT2D eigenvalue weighted by molar-refractivity contribution is -0.144. The number of ether oxygens (including phenoxy) is 3. The predicted molar refractivity (Wildman–Crippen MR) is 283 cm³/mol. The van der Waals surface area contributed by atoms with Crippen LogP contribution in [-0.2, 0) is 58.8 Å². The van der Waals surface area contributed by atoms with Gasteiger partial charge in [-0.3, -0.25) is 4.90 Å². The van der Waals surface area contributed by atoms with E-state index in [2.05, 4.69) is 0 Å². The summed E-state index contributed by atoms with van der Waals surface area (Å²) in [7, 11) is 5.78. The highest BCUT2D eigenvalue weighted by Crippen LogP contribution is 2.54. The fraction of sp³-hybridized carbons (Fsp3) is 0.419. The minimum Gasteiger partial charge on any atom is -0.496 e. The Morgan fingerprint density at radius 3 is 1.06 bits per heavy atom. The van der Waals surface area contributed by atoms with E-state index in [0.29, 0.717) is 35.4 Å². The molecule has 0 bridgehead atoms. The van der Waals surface area contributed by atoms with Crippen molar-refractivity contribution in [3.05, 3.63) is 163 Å². The van der Waals surface area contributed by atoms with Crippen LogP contribution in [0.2, 0.25) is 0 Å². The van der Waals surface area contributed by atoms with Crippen LogP contribution in [0.4, 0.5) is 52.7 Å². The number of hydrogen-bond donors (Lipinski definition) is 0. The standard InChI is InChI=1S/C62H67F12NO3/c1-17-46-47(30-50(56(7,8)9)54(76-14)52(46)38-24-42(59(63,64)65)28-43(25-38)60(66,67)68)48-31-51(57(10,11)12)55(77-15)53(39-26-44(61(69,70)71)29-45(27-39)62(72,73)74)49(48)32-75(13)37(6)58(78-16,40-20-18-33(2)35(4)22-40)41-21-19-34(3)36(5)23-41/h18-31,37H,17,32H2,1-16H3/t37-/m0/s1. The van der Waals surface area contributed by atoms with Crippen LogP contribution in [0.25, 0.3) is 33.4 Å². The Morgan fingerprint density at radius 2 is 0.782 bits per heavy atom. The topological polar surface area (TPSA) is 30.9 Å². The molecule has 0 aliphatic rings. The van der Waals surface area contributed by atoms with Crippen LogP contribution in [0.5, 0.6) is 11.5 Å². The molecule has 422 valence electrons. The molecule has 0 fully saturated rings. The van der Waals surface area contributed by atoms with E-state index < -0.39 is 80.6 Å². The van der Waals surface area contributed by atoms with Crippen molar-refractivity contribution in [2.75, 3.05) is 28.4 Å². The van der Waals surface area contributed by atoms with Crippen molar-refractivity contribution >= 4 is 0 Å². The maximum Gasteiger partial charge on any atom is 0.416 e. The highest BCUT2D eigenvalue weighted by atomic mass is 19.4. The van der Waals surface area contributed by atoms with Crippen molar-refractivity contribution in [3.63, 3.8) is 0 Å². The third-order valence-electron chi connectivity index (χ3n) is 15.0. The first-order chi connectivity index (χ1) is 35.8. The average molecular weight is 1100 g/mol. The second-order valence-corrected chi connectivity index (χ2v) is 22.3. The van der Waals surface area contributed by atoms with Gasteiger partial charge in [-0.05, 0) is 174 Å². The number of halogens is 12. The Kier molecular flexibility index (Phi) is 16.9. The minimum absolute atomic E-state index is 0.0245. The highest BCUT2D eigenvalue weighted by Gasteiger charge is 2.45. The van der Waals surface area contributed by atoms with Gasteiger partial charge in [-0.25, -0.2) is 0 Å². The normalized spacial score (nSPS) is 13.6. The molecule has 6 rings (SSSR count). The van der Waals surface area contributed by atoms with Crippen LogP contribution in [0.1, 0.15) is 133 Å². The molecule has 0 spiro atoms. The van der Waals surface area contributed by atoms with Crippen molar-refractivity contribution in [1.82, 2.24) is 4.90 Å². The molecule has 0 radical (unpaired) electrons. The predicted octanol–water partition coefficient (Wildman–Crippen LogP) is 18.6. The van der Waals surface area contributed by atoms with Crippen LogP contribution < -0.4 is 9.47 Å². The number of nitrogens with zero attached hydrogens (tertiary/aromatic N) is 1. The summed E-state index contributed by atoms with van der Waals surface area (Å²) in [5.41, 5.74) is -4.28. The summed E-state index contributed by atoms with van der Waals surface area (Å²) >= 11 is 0. The van der Waals surface area contributed by atoms with Crippen molar-refractivity contribution < 1.29 is 66.9 Å². The van der Waals surface area contributed by atoms with Crippen molar-refractivity contribution in [1.29, 1.82) is 0 Å². The average Bonchev–Trinajstić information content (AvgIpc) is 3.41. The summed E-state index contributed by atoms with van der Waals surface area (Å²) in [6.45, 7) is 21.6. The third kappa shape index (κ3) is 11.9. The zero-order valence-electron chi connectivity index (χ0n) is 46.8. The second-order valence-electron chi connectivity index (χ2n) is 22.3. The third-order valence-corrected chi connectivity index (χ3v) is 15.0. The maximum atomic E-state index is 15.0. The van der Waals surface area contributed by atoms with Gasteiger partial charge in [0, 0.05) is 42.0 Å². The Morgan fingerprint density at radius 1 is 0.449 bits per heavy atom. The van der Waals surface area contributed by atoms with E-state index in [0.717, 1.165) is 33.4 Å². The lowest BCUT2D eigenvalue weighted by atomic mass is 9.75. The van der Waals surface area contributed by atoms with Gasteiger partial charge >= 0.3 is 24.7 Å². The number of aryl methyl sites for hydroxylation is 4. The number of methoxy groups -OCH3 is 3. The van der Waals surface area contributed by atoms with E-state index in [-0.39, 0.29) is 70.0 Å². The van der Waals surface area contributed by atoms with Gasteiger partial charge in [0.2, 0.25) is 0 Å². The molecule has 0 aliphatic heterocycles. The van der Waals surface area contributed by atoms with Crippen LogP contribution in [0, 0.1) is 27.7 Å². The Hall–Kier alpha value is -6.00. The first-order valence-corrected chi connectivity index (χ1v) is 25.3. The van der Waals surface area contributed by atoms with Crippen molar-refractivity contribution in [3.8, 4) is 44.9 Å². The Balaban J connectivity index is 1.91. The molecule has 0 heterocycles. The fourth-order valence-corrected chi connectivity index (χ4v) is 10.5. The van der Waals surface area contributed by atoms with Gasteiger partial charge in [-0.2, -0.15) is 52.7 Å². The van der Waals surface area contributed by atoms with E-state index in [9.17, 15) is 26.3 Å². The Labute approximate surface area is 449 Å². The van der Waals surface area contributed by atoms with E-state index in [1.54, 1.807) is 74.8 Å². The van der Waals surface area contributed by atoms with Crippen LogP contribution in [0.3, 0.4) is 0 Å². The van der Waals surface area contributed by atoms with Crippen LogP contribution in [0.15, 0.2) is 84.9 Å². The molecule has 6 aromatic carbocycles. The fourth-order valence-electron chi connectivity index (χ4n) is 10.5. The number of hydrogen-bond acceptors (Lipinski definition) is 4. The molecule has 0 N–H and O–H groups in total. The lowest BCUT2D eigenvalue weighted by Crippen LogP contribution is -2.49. The molecular formula is C62H67F12NO3. The molecule has 0 aliphatic carbocycles. The van der Waals surface area contributed by atoms with E-state index >= 15 is 26.3 Å². The molecule has 0 unspecified atom stereocenters. The summed E-state index contributed by atoms with van der Waals surface area (Å²) < 4.78 is 198. The molecule has 0 amide bonds. The van der Waals surface area contributed by atoms with E-state index in [1.165, 1.54) is 14.2 Å². The molecule has 1 atom stereocenters. The molecule has 16 heteroatoms. The van der Waals surface area contributed by atoms with E-state index in [4.69, 9.17) is 14.2 Å². The molecule has 4 nitrogen and oxygen atoms in total. The summed E-state index contributed by atoms with van der Waals surface area (Å²) in [6.07, 6.45) is -21.1. The van der Waals surface area contributed by atoms with E-state index in [1.807, 2.05) is 75.9 Å². The van der Waals surface area contributed by atoms with Crippen LogP contribution >= 0.6 is 0 Å². The van der Waals surface area contributed by atoms with Gasteiger partial charge in [0.25, 0.3) is 0 Å². The first kappa shape index (κ1) is 61.2. The minimum atomic E-state index is -5.28. The first-order valence-electron chi connectivity index (χ1n) is 25.3. The smallest absolute Gasteiger partial charge is 0.416 e. The number of alkyl halides is 12. The maximum absolute atomic E-state index is 15.0. The summed E-state index contributed by atoms with van der Waals surface area (Å²) in [5.74, 6) is -0.0985. The molecule has 0 saturated carbocycles. The van der Waals surface area contributed by atoms with Gasteiger partial charge in [0.05, 0.1) is 36.5 Å². The van der Waals surface area contributed by atoms with Crippen molar-refractivity contribution in [2.24, 2.45) is 0 Å². The highest BCUT2D eigenvalue weighted by molar-refractivity contribution is 5.91. The number of likely N-dealkylation sites (N-methyl/N-ethyl adjacent to an activating group) is 1. The number of rotatable bonds is 13. The van der Waals surface area contributed by atoms with Gasteiger partial charge in [-0.1, -0.05) is 84.9 Å². The largest absolute Gasteiger partial charge is 0.496 e. The van der Waals surface area contributed by atoms with Gasteiger partial charge < -0.3 is 14.2 Å². The summed E-state index contributed by atoms with van der Waals surface area (Å²) in [5, 5.41) is 0. The van der Waals surface area contributed by atoms with Gasteiger partial charge in [-0.15, -0.1) is 0 Å². The van der Waals surface area contributed by atoms with Crippen molar-refractivity contribution in [2.45, 2.75) is 143 Å². The lowest BCUT2D eigenvalue weighted by Gasteiger charge is -2.44.